The van der Waals surface area contributed by atoms with Crippen LogP contribution in [0, 0.1) is 12.8 Å². The Labute approximate surface area is 183 Å². The summed E-state index contributed by atoms with van der Waals surface area (Å²) in [6, 6.07) is 12.1. The van der Waals surface area contributed by atoms with Gasteiger partial charge in [0.2, 0.25) is 0 Å². The average molecular weight is 418 g/mol. The van der Waals surface area contributed by atoms with E-state index in [-0.39, 0.29) is 11.9 Å². The monoisotopic (exact) mass is 417 g/mol. The van der Waals surface area contributed by atoms with Crippen LogP contribution in [0.1, 0.15) is 53.8 Å². The van der Waals surface area contributed by atoms with E-state index in [1.807, 2.05) is 30.3 Å². The van der Waals surface area contributed by atoms with Crippen LogP contribution in [-0.4, -0.2) is 44.7 Å². The second-order valence-corrected chi connectivity index (χ2v) is 9.13. The van der Waals surface area contributed by atoms with Gasteiger partial charge in [-0.3, -0.25) is 19.4 Å². The van der Waals surface area contributed by atoms with Crippen molar-refractivity contribution in [1.82, 2.24) is 25.0 Å². The maximum atomic E-state index is 12.9. The second-order valence-electron chi connectivity index (χ2n) is 9.13. The quantitative estimate of drug-likeness (QED) is 0.683. The van der Waals surface area contributed by atoms with Crippen LogP contribution in [-0.2, 0) is 13.1 Å². The summed E-state index contributed by atoms with van der Waals surface area (Å²) in [6.07, 6.45) is 7.57. The van der Waals surface area contributed by atoms with E-state index in [0.717, 1.165) is 67.1 Å². The molecule has 0 radical (unpaired) electrons. The number of fused-ring (bicyclic) bond motifs is 2. The van der Waals surface area contributed by atoms with E-state index in [9.17, 15) is 4.79 Å². The van der Waals surface area contributed by atoms with E-state index in [2.05, 4.69) is 38.0 Å². The molecule has 2 aliphatic rings. The lowest BCUT2D eigenvalue weighted by Gasteiger charge is -2.32. The number of carbonyl (C=O) groups excluding carboxylic acids is 1. The van der Waals surface area contributed by atoms with E-state index in [1.54, 1.807) is 6.20 Å². The maximum absolute atomic E-state index is 12.9. The van der Waals surface area contributed by atoms with Crippen molar-refractivity contribution in [3.63, 3.8) is 0 Å². The van der Waals surface area contributed by atoms with E-state index in [1.165, 1.54) is 25.0 Å². The predicted molar refractivity (Wildman–Crippen MR) is 122 cm³/mol. The second kappa shape index (κ2) is 8.79. The van der Waals surface area contributed by atoms with Crippen LogP contribution in [0.15, 0.2) is 42.6 Å². The first-order chi connectivity index (χ1) is 15.2. The molecule has 5 rings (SSSR count). The number of aryl methyl sites for hydroxylation is 1. The molecule has 6 heteroatoms. The molecule has 1 saturated carbocycles. The van der Waals surface area contributed by atoms with Gasteiger partial charge in [0.25, 0.3) is 5.91 Å². The molecule has 31 heavy (non-hydrogen) atoms. The van der Waals surface area contributed by atoms with E-state index >= 15 is 0 Å². The van der Waals surface area contributed by atoms with Crippen LogP contribution in [0.25, 0.3) is 10.9 Å². The number of hydrogen-bond donors (Lipinski definition) is 1. The summed E-state index contributed by atoms with van der Waals surface area (Å²) >= 11 is 0. The third-order valence-corrected chi connectivity index (χ3v) is 6.92. The van der Waals surface area contributed by atoms with Gasteiger partial charge >= 0.3 is 0 Å². The van der Waals surface area contributed by atoms with Gasteiger partial charge in [-0.2, -0.15) is 5.10 Å². The van der Waals surface area contributed by atoms with Gasteiger partial charge in [-0.1, -0.05) is 12.1 Å². The van der Waals surface area contributed by atoms with Gasteiger partial charge in [-0.05, 0) is 75.8 Å². The SMILES string of the molecule is Cc1cc2n(n1)CCN(CCC1CCC(NC(=O)c3cccc4ncccc34)CC1)C2. The molecule has 0 spiro atoms. The molecule has 3 aromatic rings. The minimum atomic E-state index is 0.0299. The number of amides is 1. The van der Waals surface area contributed by atoms with Crippen molar-refractivity contribution in [2.24, 2.45) is 5.92 Å². The number of pyridine rings is 1. The average Bonchev–Trinajstić information content (AvgIpc) is 3.17. The van der Waals surface area contributed by atoms with Crippen LogP contribution in [0.4, 0.5) is 0 Å². The molecule has 1 amide bonds. The molecule has 2 aromatic heterocycles. The van der Waals surface area contributed by atoms with Crippen molar-refractivity contribution >= 4 is 16.8 Å². The molecule has 1 aliphatic carbocycles. The van der Waals surface area contributed by atoms with E-state index < -0.39 is 0 Å². The molecule has 0 unspecified atom stereocenters. The highest BCUT2D eigenvalue weighted by atomic mass is 16.1. The molecule has 6 nitrogen and oxygen atoms in total. The van der Waals surface area contributed by atoms with Gasteiger partial charge in [0, 0.05) is 36.3 Å². The zero-order valence-electron chi connectivity index (χ0n) is 18.3. The number of carbonyl (C=O) groups is 1. The summed E-state index contributed by atoms with van der Waals surface area (Å²) in [7, 11) is 0. The fraction of sp³-hybridized carbons (Fsp3) is 0.480. The van der Waals surface area contributed by atoms with Crippen LogP contribution in [0.5, 0.6) is 0 Å². The van der Waals surface area contributed by atoms with Crippen LogP contribution in [0.3, 0.4) is 0 Å². The first-order valence-corrected chi connectivity index (χ1v) is 11.6. The zero-order chi connectivity index (χ0) is 21.2. The van der Waals surface area contributed by atoms with Crippen molar-refractivity contribution < 1.29 is 4.79 Å². The minimum absolute atomic E-state index is 0.0299. The topological polar surface area (TPSA) is 63.1 Å². The molecule has 3 heterocycles. The molecule has 0 saturated heterocycles. The Kier molecular flexibility index (Phi) is 5.72. The largest absolute Gasteiger partial charge is 0.349 e. The highest BCUT2D eigenvalue weighted by Crippen LogP contribution is 2.28. The summed E-state index contributed by atoms with van der Waals surface area (Å²) in [4.78, 5) is 19.8. The number of nitrogens with zero attached hydrogens (tertiary/aromatic N) is 4. The smallest absolute Gasteiger partial charge is 0.252 e. The number of aromatic nitrogens is 3. The van der Waals surface area contributed by atoms with Gasteiger partial charge in [-0.25, -0.2) is 0 Å². The highest BCUT2D eigenvalue weighted by Gasteiger charge is 2.25. The number of nitrogens with one attached hydrogen (secondary N) is 1. The first kappa shape index (κ1) is 20.2. The summed E-state index contributed by atoms with van der Waals surface area (Å²) in [5, 5.41) is 8.76. The van der Waals surface area contributed by atoms with Crippen LogP contribution < -0.4 is 5.32 Å². The van der Waals surface area contributed by atoms with Crippen molar-refractivity contribution in [2.75, 3.05) is 13.1 Å². The van der Waals surface area contributed by atoms with Crippen molar-refractivity contribution in [3.8, 4) is 0 Å². The Morgan fingerprint density at radius 3 is 2.87 bits per heavy atom. The first-order valence-electron chi connectivity index (χ1n) is 11.6. The van der Waals surface area contributed by atoms with Crippen LogP contribution in [0.2, 0.25) is 0 Å². The van der Waals surface area contributed by atoms with Gasteiger partial charge < -0.3 is 5.32 Å². The number of rotatable bonds is 5. The predicted octanol–water partition coefficient (Wildman–Crippen LogP) is 3.93. The molecule has 0 atom stereocenters. The molecule has 1 aromatic carbocycles. The summed E-state index contributed by atoms with van der Waals surface area (Å²) in [5.41, 5.74) is 4.07. The lowest BCUT2D eigenvalue weighted by atomic mass is 9.84. The minimum Gasteiger partial charge on any atom is -0.349 e. The third-order valence-electron chi connectivity index (χ3n) is 6.92. The molecular formula is C25H31N5O. The molecule has 0 bridgehead atoms. The number of hydrogen-bond acceptors (Lipinski definition) is 4. The van der Waals surface area contributed by atoms with E-state index in [4.69, 9.17) is 0 Å². The van der Waals surface area contributed by atoms with Crippen molar-refractivity contribution in [1.29, 1.82) is 0 Å². The normalized spacial score (nSPS) is 21.7. The van der Waals surface area contributed by atoms with Crippen LogP contribution >= 0.6 is 0 Å². The fourth-order valence-electron chi connectivity index (χ4n) is 5.18. The zero-order valence-corrected chi connectivity index (χ0v) is 18.3. The Morgan fingerprint density at radius 2 is 2.00 bits per heavy atom. The van der Waals surface area contributed by atoms with Crippen molar-refractivity contribution in [2.45, 2.75) is 58.2 Å². The highest BCUT2D eigenvalue weighted by molar-refractivity contribution is 6.06. The number of benzene rings is 1. The maximum Gasteiger partial charge on any atom is 0.252 e. The summed E-state index contributed by atoms with van der Waals surface area (Å²) < 4.78 is 2.16. The summed E-state index contributed by atoms with van der Waals surface area (Å²) in [6.45, 7) is 6.36. The third kappa shape index (κ3) is 4.49. The molecule has 1 aliphatic heterocycles. The lowest BCUT2D eigenvalue weighted by molar-refractivity contribution is 0.0921. The Morgan fingerprint density at radius 1 is 1.13 bits per heavy atom. The van der Waals surface area contributed by atoms with Gasteiger partial charge in [-0.15, -0.1) is 0 Å². The Hall–Kier alpha value is -2.73. The molecule has 1 N–H and O–H groups in total. The van der Waals surface area contributed by atoms with Gasteiger partial charge in [0.05, 0.1) is 23.4 Å². The van der Waals surface area contributed by atoms with Gasteiger partial charge in [0.15, 0.2) is 0 Å². The molecular weight excluding hydrogens is 386 g/mol. The van der Waals surface area contributed by atoms with Crippen molar-refractivity contribution in [3.05, 3.63) is 59.5 Å². The Balaban J connectivity index is 1.10. The summed E-state index contributed by atoms with van der Waals surface area (Å²) in [5.74, 6) is 0.797. The molecule has 1 fully saturated rings. The fourth-order valence-corrected chi connectivity index (χ4v) is 5.18. The van der Waals surface area contributed by atoms with Gasteiger partial charge in [0.1, 0.15) is 0 Å². The standard InChI is InChI=1S/C25H31N5O/c1-18-16-21-17-29(14-15-30(21)28-18)13-11-19-7-9-20(10-8-19)27-25(31)23-4-2-6-24-22(23)5-3-12-26-24/h2-6,12,16,19-20H,7-11,13-15,17H2,1H3,(H,27,31). The molecule has 162 valence electrons. The van der Waals surface area contributed by atoms with E-state index in [0.29, 0.717) is 0 Å². The Bertz CT molecular complexity index is 1060. The lowest BCUT2D eigenvalue weighted by Crippen LogP contribution is -2.39.